The maximum atomic E-state index is 12.3. The number of nitrogens with zero attached hydrogens (tertiary/aromatic N) is 1. The zero-order valence-electron chi connectivity index (χ0n) is 12.1. The third kappa shape index (κ3) is 2.41. The molecule has 3 heteroatoms. The van der Waals surface area contributed by atoms with Crippen LogP contribution in [0.5, 0.6) is 0 Å². The average molecular weight is 280 g/mol. The van der Waals surface area contributed by atoms with Gasteiger partial charge in [-0.05, 0) is 49.1 Å². The molecule has 0 saturated heterocycles. The maximum Gasteiger partial charge on any atom is 0.224 e. The van der Waals surface area contributed by atoms with E-state index in [2.05, 4.69) is 10.3 Å². The van der Waals surface area contributed by atoms with Crippen LogP contribution < -0.4 is 5.32 Å². The first-order valence-corrected chi connectivity index (χ1v) is 7.93. The van der Waals surface area contributed by atoms with Crippen molar-refractivity contribution in [3.8, 4) is 0 Å². The van der Waals surface area contributed by atoms with E-state index in [0.29, 0.717) is 12.3 Å². The largest absolute Gasteiger partial charge is 0.324 e. The van der Waals surface area contributed by atoms with Gasteiger partial charge in [0.15, 0.2) is 0 Å². The number of hydrogen-bond donors (Lipinski definition) is 1. The fraction of sp³-hybridized carbons (Fsp3) is 0.444. The molecule has 2 bridgehead atoms. The van der Waals surface area contributed by atoms with Crippen molar-refractivity contribution in [1.29, 1.82) is 0 Å². The number of pyridine rings is 1. The van der Waals surface area contributed by atoms with Gasteiger partial charge in [-0.2, -0.15) is 0 Å². The van der Waals surface area contributed by atoms with Crippen LogP contribution in [0.4, 0.5) is 5.69 Å². The summed E-state index contributed by atoms with van der Waals surface area (Å²) in [6, 6.07) is 9.87. The second-order valence-electron chi connectivity index (χ2n) is 6.57. The molecule has 2 aliphatic rings. The summed E-state index contributed by atoms with van der Waals surface area (Å²) in [5.74, 6) is 2.44. The van der Waals surface area contributed by atoms with E-state index in [0.717, 1.165) is 28.4 Å². The van der Waals surface area contributed by atoms with Gasteiger partial charge in [0, 0.05) is 18.0 Å². The number of nitrogens with one attached hydrogen (secondary N) is 1. The number of benzene rings is 1. The smallest absolute Gasteiger partial charge is 0.224 e. The highest BCUT2D eigenvalue weighted by molar-refractivity contribution is 6.00. The van der Waals surface area contributed by atoms with Crippen molar-refractivity contribution >= 4 is 22.5 Å². The van der Waals surface area contributed by atoms with Gasteiger partial charge in [0.2, 0.25) is 5.91 Å². The Morgan fingerprint density at radius 2 is 2.10 bits per heavy atom. The van der Waals surface area contributed by atoms with Crippen LogP contribution in [0.25, 0.3) is 10.9 Å². The predicted molar refractivity (Wildman–Crippen MR) is 83.9 cm³/mol. The Hall–Kier alpha value is -1.90. The molecule has 1 heterocycles. The van der Waals surface area contributed by atoms with E-state index in [-0.39, 0.29) is 5.91 Å². The fourth-order valence-corrected chi connectivity index (χ4v) is 4.27. The number of anilines is 1. The highest BCUT2D eigenvalue weighted by Gasteiger charge is 2.40. The van der Waals surface area contributed by atoms with Gasteiger partial charge in [-0.1, -0.05) is 24.6 Å². The van der Waals surface area contributed by atoms with Gasteiger partial charge in [-0.25, -0.2) is 0 Å². The van der Waals surface area contributed by atoms with E-state index in [1.807, 2.05) is 30.3 Å². The first-order valence-electron chi connectivity index (χ1n) is 7.93. The van der Waals surface area contributed by atoms with Crippen LogP contribution in [0.15, 0.2) is 36.5 Å². The van der Waals surface area contributed by atoms with E-state index in [1.165, 1.54) is 25.7 Å². The molecule has 2 aliphatic carbocycles. The van der Waals surface area contributed by atoms with E-state index < -0.39 is 0 Å². The zero-order valence-corrected chi connectivity index (χ0v) is 12.1. The Balaban J connectivity index is 1.48. The van der Waals surface area contributed by atoms with Gasteiger partial charge in [0.1, 0.15) is 0 Å². The van der Waals surface area contributed by atoms with Crippen molar-refractivity contribution in [3.05, 3.63) is 36.5 Å². The lowest BCUT2D eigenvalue weighted by molar-refractivity contribution is -0.117. The van der Waals surface area contributed by atoms with E-state index in [9.17, 15) is 4.79 Å². The molecular formula is C18H20N2O. The number of rotatable bonds is 3. The highest BCUT2D eigenvalue weighted by Crippen LogP contribution is 2.49. The Bertz CT molecular complexity index is 676. The Morgan fingerprint density at radius 3 is 2.90 bits per heavy atom. The van der Waals surface area contributed by atoms with Crippen LogP contribution in [-0.4, -0.2) is 10.9 Å². The zero-order chi connectivity index (χ0) is 14.2. The number of hydrogen-bond acceptors (Lipinski definition) is 2. The Morgan fingerprint density at radius 1 is 1.19 bits per heavy atom. The molecule has 108 valence electrons. The summed E-state index contributed by atoms with van der Waals surface area (Å²) in [5.41, 5.74) is 1.71. The fourth-order valence-electron chi connectivity index (χ4n) is 4.27. The average Bonchev–Trinajstić information content (AvgIpc) is 3.10. The van der Waals surface area contributed by atoms with Crippen molar-refractivity contribution in [2.75, 3.05) is 5.32 Å². The summed E-state index contributed by atoms with van der Waals surface area (Å²) in [6.45, 7) is 0. The molecule has 0 radical (unpaired) electrons. The molecule has 0 aliphatic heterocycles. The minimum atomic E-state index is 0.144. The molecule has 1 aromatic carbocycles. The molecule has 0 unspecified atom stereocenters. The molecular weight excluding hydrogens is 260 g/mol. The first-order chi connectivity index (χ1) is 10.3. The van der Waals surface area contributed by atoms with Gasteiger partial charge < -0.3 is 5.32 Å². The van der Waals surface area contributed by atoms with Crippen LogP contribution in [0.1, 0.15) is 32.1 Å². The van der Waals surface area contributed by atoms with Gasteiger partial charge in [-0.15, -0.1) is 0 Å². The first kappa shape index (κ1) is 12.8. The van der Waals surface area contributed by atoms with Crippen molar-refractivity contribution in [1.82, 2.24) is 4.98 Å². The molecule has 3 nitrogen and oxygen atoms in total. The summed E-state index contributed by atoms with van der Waals surface area (Å²) in [5, 5.41) is 4.13. The van der Waals surface area contributed by atoms with Gasteiger partial charge in [0.05, 0.1) is 11.2 Å². The van der Waals surface area contributed by atoms with Crippen molar-refractivity contribution in [3.63, 3.8) is 0 Å². The van der Waals surface area contributed by atoms with Crippen molar-refractivity contribution in [2.45, 2.75) is 32.1 Å². The molecule has 1 N–H and O–H groups in total. The predicted octanol–water partition coefficient (Wildman–Crippen LogP) is 4.00. The molecule has 21 heavy (non-hydrogen) atoms. The van der Waals surface area contributed by atoms with Crippen LogP contribution in [0.2, 0.25) is 0 Å². The van der Waals surface area contributed by atoms with E-state index in [1.54, 1.807) is 6.20 Å². The highest BCUT2D eigenvalue weighted by atomic mass is 16.1. The number of carbonyl (C=O) groups is 1. The maximum absolute atomic E-state index is 12.3. The Labute approximate surface area is 124 Å². The molecule has 0 spiro atoms. The number of fused-ring (bicyclic) bond motifs is 3. The lowest BCUT2D eigenvalue weighted by Crippen LogP contribution is -2.20. The van der Waals surface area contributed by atoms with Crippen LogP contribution in [0.3, 0.4) is 0 Å². The lowest BCUT2D eigenvalue weighted by atomic mass is 9.86. The van der Waals surface area contributed by atoms with Crippen LogP contribution in [-0.2, 0) is 4.79 Å². The summed E-state index contributed by atoms with van der Waals surface area (Å²) < 4.78 is 0. The van der Waals surface area contributed by atoms with Crippen molar-refractivity contribution < 1.29 is 4.79 Å². The summed E-state index contributed by atoms with van der Waals surface area (Å²) in [6.07, 6.45) is 7.77. The van der Waals surface area contributed by atoms with Gasteiger partial charge in [0.25, 0.3) is 0 Å². The SMILES string of the molecule is O=C(C[C@@H]1C[C@H]2CC[C@@H]1C2)Nc1cccc2cccnc12. The topological polar surface area (TPSA) is 42.0 Å². The number of aromatic nitrogens is 1. The van der Waals surface area contributed by atoms with Crippen LogP contribution >= 0.6 is 0 Å². The monoisotopic (exact) mass is 280 g/mol. The molecule has 2 fully saturated rings. The normalized spacial score (nSPS) is 27.1. The second-order valence-corrected chi connectivity index (χ2v) is 6.57. The summed E-state index contributed by atoms with van der Waals surface area (Å²) >= 11 is 0. The Kier molecular flexibility index (Phi) is 3.13. The number of amides is 1. The molecule has 2 aromatic rings. The third-order valence-electron chi connectivity index (χ3n) is 5.24. The molecule has 1 aromatic heterocycles. The van der Waals surface area contributed by atoms with Crippen LogP contribution in [0, 0.1) is 17.8 Å². The minimum absolute atomic E-state index is 0.144. The molecule has 1 amide bonds. The minimum Gasteiger partial charge on any atom is -0.324 e. The molecule has 4 rings (SSSR count). The van der Waals surface area contributed by atoms with Gasteiger partial charge >= 0.3 is 0 Å². The summed E-state index contributed by atoms with van der Waals surface area (Å²) in [4.78, 5) is 16.7. The second kappa shape index (κ2) is 5.14. The molecule has 2 saturated carbocycles. The number of carbonyl (C=O) groups excluding carboxylic acids is 1. The summed E-state index contributed by atoms with van der Waals surface area (Å²) in [7, 11) is 0. The van der Waals surface area contributed by atoms with Crippen molar-refractivity contribution in [2.24, 2.45) is 17.8 Å². The standard InChI is InChI=1S/C18H20N2O/c21-17(11-15-10-12-6-7-14(15)9-12)20-16-5-1-3-13-4-2-8-19-18(13)16/h1-5,8,12,14-15H,6-7,9-11H2,(H,20,21)/t12-,14+,15-/m0/s1. The number of para-hydroxylation sites is 1. The molecule has 3 atom stereocenters. The lowest BCUT2D eigenvalue weighted by Gasteiger charge is -2.21. The quantitative estimate of drug-likeness (QED) is 0.923. The van der Waals surface area contributed by atoms with Gasteiger partial charge in [-0.3, -0.25) is 9.78 Å². The van der Waals surface area contributed by atoms with E-state index in [4.69, 9.17) is 0 Å². The van der Waals surface area contributed by atoms with E-state index >= 15 is 0 Å². The third-order valence-corrected chi connectivity index (χ3v) is 5.24.